The maximum absolute atomic E-state index is 5.69. The number of hydrogen-bond donors (Lipinski definition) is 1. The van der Waals surface area contributed by atoms with Gasteiger partial charge in [-0.3, -0.25) is 4.99 Å². The second-order valence-corrected chi connectivity index (χ2v) is 9.05. The molecule has 1 aromatic carbocycles. The molecule has 1 atom stereocenters. The van der Waals surface area contributed by atoms with Crippen molar-refractivity contribution < 1.29 is 9.47 Å². The maximum atomic E-state index is 5.69. The SMILES string of the molecule is CCNC(=NCC1(c2ccc(OC)cc2)CCOCC1)N1CCSC(CC)C1.I. The van der Waals surface area contributed by atoms with E-state index in [9.17, 15) is 0 Å². The van der Waals surface area contributed by atoms with E-state index in [0.717, 1.165) is 63.9 Å². The third-order valence-corrected chi connectivity index (χ3v) is 7.28. The quantitative estimate of drug-likeness (QED) is 0.338. The van der Waals surface area contributed by atoms with Crippen LogP contribution >= 0.6 is 35.7 Å². The molecule has 1 N–H and O–H groups in total. The van der Waals surface area contributed by atoms with E-state index in [1.54, 1.807) is 7.11 Å². The number of ether oxygens (including phenoxy) is 2. The van der Waals surface area contributed by atoms with Gasteiger partial charge in [0.25, 0.3) is 0 Å². The molecule has 2 aliphatic heterocycles. The molecule has 0 aromatic heterocycles. The molecule has 1 unspecified atom stereocenters. The maximum Gasteiger partial charge on any atom is 0.194 e. The van der Waals surface area contributed by atoms with Crippen LogP contribution in [0.15, 0.2) is 29.3 Å². The molecule has 0 amide bonds. The van der Waals surface area contributed by atoms with Crippen molar-refractivity contribution >= 4 is 41.7 Å². The van der Waals surface area contributed by atoms with Gasteiger partial charge in [-0.1, -0.05) is 19.1 Å². The van der Waals surface area contributed by atoms with Gasteiger partial charge in [0.2, 0.25) is 0 Å². The molecule has 2 aliphatic rings. The van der Waals surface area contributed by atoms with Gasteiger partial charge in [0, 0.05) is 49.3 Å². The smallest absolute Gasteiger partial charge is 0.194 e. The Kier molecular flexibility index (Phi) is 10.4. The van der Waals surface area contributed by atoms with Crippen LogP contribution in [0, 0.1) is 0 Å². The highest BCUT2D eigenvalue weighted by Gasteiger charge is 2.35. The number of aliphatic imine (C=N–C) groups is 1. The zero-order chi connectivity index (χ0) is 19.8. The molecule has 3 rings (SSSR count). The normalized spacial score (nSPS) is 22.0. The molecular weight excluding hydrogens is 497 g/mol. The van der Waals surface area contributed by atoms with Gasteiger partial charge in [-0.2, -0.15) is 11.8 Å². The number of hydrogen-bond acceptors (Lipinski definition) is 4. The monoisotopic (exact) mass is 533 g/mol. The predicted octanol–water partition coefficient (Wildman–Crippen LogP) is 4.15. The molecule has 0 spiro atoms. The lowest BCUT2D eigenvalue weighted by atomic mass is 9.74. The summed E-state index contributed by atoms with van der Waals surface area (Å²) < 4.78 is 11.0. The summed E-state index contributed by atoms with van der Waals surface area (Å²) in [7, 11) is 1.71. The van der Waals surface area contributed by atoms with Crippen LogP contribution in [0.2, 0.25) is 0 Å². The Bertz CT molecular complexity index is 635. The Morgan fingerprint density at radius 3 is 2.62 bits per heavy atom. The van der Waals surface area contributed by atoms with Gasteiger partial charge in [0.05, 0.1) is 13.7 Å². The second kappa shape index (κ2) is 12.2. The highest BCUT2D eigenvalue weighted by Crippen LogP contribution is 2.36. The summed E-state index contributed by atoms with van der Waals surface area (Å²) in [5.41, 5.74) is 1.39. The van der Waals surface area contributed by atoms with Crippen LogP contribution in [0.25, 0.3) is 0 Å². The first-order valence-electron chi connectivity index (χ1n) is 10.6. The van der Waals surface area contributed by atoms with Crippen LogP contribution in [0.4, 0.5) is 0 Å². The molecule has 0 bridgehead atoms. The van der Waals surface area contributed by atoms with Crippen molar-refractivity contribution in [3.63, 3.8) is 0 Å². The summed E-state index contributed by atoms with van der Waals surface area (Å²) in [6.07, 6.45) is 3.24. The summed E-state index contributed by atoms with van der Waals surface area (Å²) in [6.45, 7) is 9.90. The van der Waals surface area contributed by atoms with Crippen molar-refractivity contribution in [1.29, 1.82) is 0 Å². The molecule has 5 nitrogen and oxygen atoms in total. The first-order valence-corrected chi connectivity index (χ1v) is 11.6. The summed E-state index contributed by atoms with van der Waals surface area (Å²) in [5, 5.41) is 4.24. The highest BCUT2D eigenvalue weighted by molar-refractivity contribution is 14.0. The molecule has 2 fully saturated rings. The van der Waals surface area contributed by atoms with Gasteiger partial charge in [-0.15, -0.1) is 24.0 Å². The molecule has 1 aromatic rings. The summed E-state index contributed by atoms with van der Waals surface area (Å²) in [6, 6.07) is 8.54. The first kappa shape index (κ1) is 24.6. The van der Waals surface area contributed by atoms with E-state index in [1.165, 1.54) is 17.7 Å². The Morgan fingerprint density at radius 1 is 1.28 bits per heavy atom. The van der Waals surface area contributed by atoms with E-state index in [2.05, 4.69) is 60.1 Å². The number of methoxy groups -OCH3 is 1. The van der Waals surface area contributed by atoms with Crippen molar-refractivity contribution in [3.8, 4) is 5.75 Å². The number of nitrogens with one attached hydrogen (secondary N) is 1. The van der Waals surface area contributed by atoms with Gasteiger partial charge in [-0.25, -0.2) is 0 Å². The summed E-state index contributed by atoms with van der Waals surface area (Å²) >= 11 is 2.10. The lowest BCUT2D eigenvalue weighted by Gasteiger charge is -2.38. The number of guanidine groups is 1. The summed E-state index contributed by atoms with van der Waals surface area (Å²) in [5.74, 6) is 3.15. The molecule has 2 heterocycles. The minimum atomic E-state index is 0. The zero-order valence-electron chi connectivity index (χ0n) is 18.0. The number of nitrogens with zero attached hydrogens (tertiary/aromatic N) is 2. The largest absolute Gasteiger partial charge is 0.497 e. The van der Waals surface area contributed by atoms with Gasteiger partial charge < -0.3 is 19.7 Å². The molecule has 164 valence electrons. The Balaban J connectivity index is 0.00000300. The number of benzene rings is 1. The number of halogens is 1. The molecule has 0 aliphatic carbocycles. The Hall–Kier alpha value is -0.670. The molecule has 29 heavy (non-hydrogen) atoms. The van der Waals surface area contributed by atoms with Crippen molar-refractivity contribution in [2.24, 2.45) is 4.99 Å². The van der Waals surface area contributed by atoms with Gasteiger partial charge >= 0.3 is 0 Å². The zero-order valence-corrected chi connectivity index (χ0v) is 21.1. The third-order valence-electron chi connectivity index (χ3n) is 5.91. The lowest BCUT2D eigenvalue weighted by molar-refractivity contribution is 0.0530. The fourth-order valence-electron chi connectivity index (χ4n) is 4.06. The van der Waals surface area contributed by atoms with Crippen molar-refractivity contribution in [3.05, 3.63) is 29.8 Å². The molecule has 2 saturated heterocycles. The minimum Gasteiger partial charge on any atom is -0.497 e. The second-order valence-electron chi connectivity index (χ2n) is 7.64. The van der Waals surface area contributed by atoms with Crippen LogP contribution in [0.5, 0.6) is 5.75 Å². The third kappa shape index (κ3) is 6.40. The van der Waals surface area contributed by atoms with E-state index in [4.69, 9.17) is 14.5 Å². The summed E-state index contributed by atoms with van der Waals surface area (Å²) in [4.78, 5) is 7.61. The first-order chi connectivity index (χ1) is 13.7. The van der Waals surface area contributed by atoms with E-state index >= 15 is 0 Å². The fourth-order valence-corrected chi connectivity index (χ4v) is 5.24. The van der Waals surface area contributed by atoms with Gasteiger partial charge in [0.1, 0.15) is 5.75 Å². The van der Waals surface area contributed by atoms with Crippen LogP contribution < -0.4 is 10.1 Å². The van der Waals surface area contributed by atoms with E-state index in [1.807, 2.05) is 0 Å². The molecular formula is C22H36IN3O2S. The standard InChI is InChI=1S/C22H35N3O2S.HI/c1-4-20-16-25(12-15-28-20)21(23-5-2)24-17-22(10-13-27-14-11-22)18-6-8-19(26-3)9-7-18;/h6-9,20H,4-5,10-17H2,1-3H3,(H,23,24);1H. The minimum absolute atomic E-state index is 0. The Labute approximate surface area is 197 Å². The fraction of sp³-hybridized carbons (Fsp3) is 0.682. The topological polar surface area (TPSA) is 46.1 Å². The Morgan fingerprint density at radius 2 is 2.00 bits per heavy atom. The number of rotatable bonds is 6. The molecule has 7 heteroatoms. The van der Waals surface area contributed by atoms with Crippen LogP contribution in [-0.4, -0.2) is 68.4 Å². The van der Waals surface area contributed by atoms with Gasteiger partial charge in [-0.05, 0) is 43.9 Å². The number of thioether (sulfide) groups is 1. The van der Waals surface area contributed by atoms with E-state index < -0.39 is 0 Å². The molecule has 0 radical (unpaired) electrons. The lowest BCUT2D eigenvalue weighted by Crippen LogP contribution is -2.48. The average molecular weight is 534 g/mol. The predicted molar refractivity (Wildman–Crippen MR) is 134 cm³/mol. The van der Waals surface area contributed by atoms with Crippen molar-refractivity contribution in [2.75, 3.05) is 52.3 Å². The van der Waals surface area contributed by atoms with Crippen LogP contribution in [0.1, 0.15) is 38.7 Å². The van der Waals surface area contributed by atoms with Gasteiger partial charge in [0.15, 0.2) is 5.96 Å². The van der Waals surface area contributed by atoms with E-state index in [0.29, 0.717) is 5.25 Å². The van der Waals surface area contributed by atoms with Crippen LogP contribution in [-0.2, 0) is 10.2 Å². The average Bonchev–Trinajstić information content (AvgIpc) is 2.77. The van der Waals surface area contributed by atoms with E-state index in [-0.39, 0.29) is 29.4 Å². The van der Waals surface area contributed by atoms with Crippen molar-refractivity contribution in [1.82, 2.24) is 10.2 Å². The highest BCUT2D eigenvalue weighted by atomic mass is 127. The molecule has 0 saturated carbocycles. The van der Waals surface area contributed by atoms with Crippen LogP contribution in [0.3, 0.4) is 0 Å². The van der Waals surface area contributed by atoms with Crippen molar-refractivity contribution in [2.45, 2.75) is 43.8 Å².